The van der Waals surface area contributed by atoms with E-state index in [1.807, 2.05) is 6.92 Å². The Balaban J connectivity index is 2.27. The number of carbonyl (C=O) groups is 1. The minimum atomic E-state index is -0.431. The first-order valence-corrected chi connectivity index (χ1v) is 6.18. The van der Waals surface area contributed by atoms with Gasteiger partial charge in [0, 0.05) is 6.61 Å². The van der Waals surface area contributed by atoms with Gasteiger partial charge >= 0.3 is 6.03 Å². The lowest BCUT2D eigenvalue weighted by atomic mass is 10.3. The number of anilines is 1. The van der Waals surface area contributed by atoms with E-state index >= 15 is 0 Å². The quantitative estimate of drug-likeness (QED) is 0.501. The minimum Gasteiger partial charge on any atom is -0.361 e. The van der Waals surface area contributed by atoms with Crippen molar-refractivity contribution in [3.63, 3.8) is 0 Å². The largest absolute Gasteiger partial charge is 0.361 e. The van der Waals surface area contributed by atoms with E-state index in [-0.39, 0.29) is 12.0 Å². The molecule has 1 unspecified atom stereocenters. The molecule has 0 spiro atoms. The summed E-state index contributed by atoms with van der Waals surface area (Å²) in [5.41, 5.74) is 0.674. The number of ether oxygens (including phenoxy) is 1. The third-order valence-electron chi connectivity index (χ3n) is 2.46. The number of fused-ring (bicyclic) bond motifs is 1. The van der Waals surface area contributed by atoms with Gasteiger partial charge in [0.05, 0.1) is 12.3 Å². The monoisotopic (exact) mass is 276 g/mol. The standard InChI is InChI=1S/C9H13ClN4O2S/c1-2-16-5-13-4-11-6-7(13)12-9(15)14(3-10)8(6)17/h4,8,17H,2-3,5H2,1H3,(H,12,15). The zero-order chi connectivity index (χ0) is 12.4. The predicted octanol–water partition coefficient (Wildman–Crippen LogP) is 1.85. The molecule has 1 aromatic rings. The molecule has 1 aromatic heterocycles. The van der Waals surface area contributed by atoms with Gasteiger partial charge in [0.2, 0.25) is 0 Å². The molecule has 0 bridgehead atoms. The molecule has 0 fully saturated rings. The third-order valence-corrected chi connectivity index (χ3v) is 3.24. The highest BCUT2D eigenvalue weighted by atomic mass is 35.5. The maximum Gasteiger partial charge on any atom is 0.325 e. The SMILES string of the molecule is CCOCn1cnc2c1NC(=O)N(CCl)C2S. The van der Waals surface area contributed by atoms with E-state index in [1.54, 1.807) is 10.9 Å². The van der Waals surface area contributed by atoms with Gasteiger partial charge < -0.3 is 4.74 Å². The Labute approximate surface area is 109 Å². The second-order valence-corrected chi connectivity index (χ2v) is 4.19. The first kappa shape index (κ1) is 12.5. The van der Waals surface area contributed by atoms with Crippen LogP contribution < -0.4 is 5.32 Å². The summed E-state index contributed by atoms with van der Waals surface area (Å²) in [6.07, 6.45) is 1.61. The van der Waals surface area contributed by atoms with Gasteiger partial charge in [-0.2, -0.15) is 0 Å². The van der Waals surface area contributed by atoms with Gasteiger partial charge in [0.25, 0.3) is 0 Å². The Morgan fingerprint density at radius 2 is 2.47 bits per heavy atom. The molecule has 17 heavy (non-hydrogen) atoms. The number of amides is 2. The summed E-state index contributed by atoms with van der Waals surface area (Å²) in [6, 6.07) is -0.219. The molecule has 0 aliphatic carbocycles. The Hall–Kier alpha value is -0.920. The lowest BCUT2D eigenvalue weighted by molar-refractivity contribution is 0.0888. The molecule has 1 aliphatic heterocycles. The van der Waals surface area contributed by atoms with Gasteiger partial charge in [-0.15, -0.1) is 24.2 Å². The van der Waals surface area contributed by atoms with Gasteiger partial charge in [-0.05, 0) is 6.92 Å². The molecule has 1 aliphatic rings. The fourth-order valence-electron chi connectivity index (χ4n) is 1.56. The smallest absolute Gasteiger partial charge is 0.325 e. The van der Waals surface area contributed by atoms with Crippen molar-refractivity contribution in [1.29, 1.82) is 0 Å². The Kier molecular flexibility index (Phi) is 3.80. The van der Waals surface area contributed by atoms with Crippen LogP contribution in [-0.4, -0.2) is 33.1 Å². The average molecular weight is 277 g/mol. The molecule has 2 rings (SSSR count). The number of halogens is 1. The number of carbonyl (C=O) groups excluding carboxylic acids is 1. The summed E-state index contributed by atoms with van der Waals surface area (Å²) in [7, 11) is 0. The highest BCUT2D eigenvalue weighted by Gasteiger charge is 2.33. The van der Waals surface area contributed by atoms with E-state index < -0.39 is 5.37 Å². The Bertz CT molecular complexity index is 425. The molecule has 0 radical (unpaired) electrons. The van der Waals surface area contributed by atoms with E-state index in [9.17, 15) is 4.79 Å². The first-order valence-electron chi connectivity index (χ1n) is 5.13. The van der Waals surface area contributed by atoms with Crippen molar-refractivity contribution >= 4 is 36.1 Å². The maximum absolute atomic E-state index is 11.7. The van der Waals surface area contributed by atoms with E-state index in [0.29, 0.717) is 24.8 Å². The maximum atomic E-state index is 11.7. The molecule has 2 heterocycles. The number of imidazole rings is 1. The summed E-state index contributed by atoms with van der Waals surface area (Å²) >= 11 is 10.0. The van der Waals surface area contributed by atoms with Crippen LogP contribution in [0.5, 0.6) is 0 Å². The normalized spacial score (nSPS) is 19.1. The number of aromatic nitrogens is 2. The van der Waals surface area contributed by atoms with Crippen LogP contribution in [0.3, 0.4) is 0 Å². The van der Waals surface area contributed by atoms with Crippen LogP contribution in [0.25, 0.3) is 0 Å². The fraction of sp³-hybridized carbons (Fsp3) is 0.556. The van der Waals surface area contributed by atoms with Crippen molar-refractivity contribution in [3.05, 3.63) is 12.0 Å². The Morgan fingerprint density at radius 1 is 1.71 bits per heavy atom. The van der Waals surface area contributed by atoms with Crippen LogP contribution in [0.1, 0.15) is 18.0 Å². The number of alkyl halides is 1. The molecule has 1 atom stereocenters. The average Bonchev–Trinajstić information content (AvgIpc) is 2.70. The highest BCUT2D eigenvalue weighted by Crippen LogP contribution is 2.34. The van der Waals surface area contributed by atoms with Gasteiger partial charge in [0.15, 0.2) is 0 Å². The molecule has 0 saturated heterocycles. The van der Waals surface area contributed by atoms with Crippen LogP contribution >= 0.6 is 24.2 Å². The fourth-order valence-corrected chi connectivity index (χ4v) is 2.28. The summed E-state index contributed by atoms with van der Waals surface area (Å²) in [5, 5.41) is 2.29. The van der Waals surface area contributed by atoms with Crippen LogP contribution in [0.4, 0.5) is 10.6 Å². The molecular weight excluding hydrogens is 264 g/mol. The summed E-state index contributed by atoms with van der Waals surface area (Å²) < 4.78 is 7.00. The first-order chi connectivity index (χ1) is 8.19. The van der Waals surface area contributed by atoms with Crippen LogP contribution in [0.2, 0.25) is 0 Å². The van der Waals surface area contributed by atoms with Crippen LogP contribution in [0.15, 0.2) is 6.33 Å². The molecule has 0 saturated carbocycles. The zero-order valence-corrected chi connectivity index (χ0v) is 10.9. The van der Waals surface area contributed by atoms with E-state index in [2.05, 4.69) is 22.9 Å². The van der Waals surface area contributed by atoms with Gasteiger partial charge in [-0.1, -0.05) is 0 Å². The van der Waals surface area contributed by atoms with Crippen molar-refractivity contribution < 1.29 is 9.53 Å². The Morgan fingerprint density at radius 3 is 3.12 bits per heavy atom. The predicted molar refractivity (Wildman–Crippen MR) is 67.2 cm³/mol. The van der Waals surface area contributed by atoms with Gasteiger partial charge in [-0.3, -0.25) is 14.8 Å². The lowest BCUT2D eigenvalue weighted by Gasteiger charge is -2.30. The number of thiol groups is 1. The van der Waals surface area contributed by atoms with Crippen LogP contribution in [0, 0.1) is 0 Å². The number of rotatable bonds is 4. The van der Waals surface area contributed by atoms with Crippen LogP contribution in [-0.2, 0) is 11.5 Å². The topological polar surface area (TPSA) is 59.4 Å². The van der Waals surface area contributed by atoms with Crippen molar-refractivity contribution in [3.8, 4) is 0 Å². The summed E-state index contributed by atoms with van der Waals surface area (Å²) in [6.45, 7) is 2.85. The second-order valence-electron chi connectivity index (χ2n) is 3.46. The number of hydrogen-bond acceptors (Lipinski definition) is 4. The van der Waals surface area contributed by atoms with Crippen molar-refractivity contribution in [2.45, 2.75) is 19.0 Å². The number of nitrogens with one attached hydrogen (secondary N) is 1. The minimum absolute atomic E-state index is 0.0672. The molecule has 94 valence electrons. The van der Waals surface area contributed by atoms with Gasteiger partial charge in [0.1, 0.15) is 23.6 Å². The lowest BCUT2D eigenvalue weighted by Crippen LogP contribution is -2.40. The number of hydrogen-bond donors (Lipinski definition) is 2. The molecule has 8 heteroatoms. The van der Waals surface area contributed by atoms with E-state index in [4.69, 9.17) is 16.3 Å². The van der Waals surface area contributed by atoms with Crippen molar-refractivity contribution in [1.82, 2.24) is 14.5 Å². The van der Waals surface area contributed by atoms with Gasteiger partial charge in [-0.25, -0.2) is 9.78 Å². The molecule has 2 amide bonds. The molecule has 1 N–H and O–H groups in total. The van der Waals surface area contributed by atoms with Crippen molar-refractivity contribution in [2.75, 3.05) is 17.9 Å². The summed E-state index contributed by atoms with van der Waals surface area (Å²) in [4.78, 5) is 17.3. The molecular formula is C9H13ClN4O2S. The highest BCUT2D eigenvalue weighted by molar-refractivity contribution is 7.80. The zero-order valence-electron chi connectivity index (χ0n) is 9.26. The third kappa shape index (κ3) is 2.22. The van der Waals surface area contributed by atoms with Crippen molar-refractivity contribution in [2.24, 2.45) is 0 Å². The molecule has 0 aromatic carbocycles. The second kappa shape index (κ2) is 5.16. The van der Waals surface area contributed by atoms with E-state index in [1.165, 1.54) is 4.90 Å². The molecule has 6 nitrogen and oxygen atoms in total. The van der Waals surface area contributed by atoms with E-state index in [0.717, 1.165) is 0 Å². The summed E-state index contributed by atoms with van der Waals surface area (Å²) in [5.74, 6) is 0.616. The number of nitrogens with zero attached hydrogens (tertiary/aromatic N) is 3. The number of urea groups is 1.